The molecule has 0 fully saturated rings. The van der Waals surface area contributed by atoms with E-state index in [2.05, 4.69) is 13.2 Å². The third kappa shape index (κ3) is 4.76. The van der Waals surface area contributed by atoms with Crippen molar-refractivity contribution < 1.29 is 5.11 Å². The first-order valence-corrected chi connectivity index (χ1v) is 5.46. The van der Waals surface area contributed by atoms with Crippen molar-refractivity contribution in [2.75, 3.05) is 0 Å². The van der Waals surface area contributed by atoms with Gasteiger partial charge in [0.1, 0.15) is 0 Å². The highest BCUT2D eigenvalue weighted by Gasteiger charge is 1.94. The lowest BCUT2D eigenvalue weighted by atomic mass is 10.1. The molecule has 1 nitrogen and oxygen atoms in total. The van der Waals surface area contributed by atoms with Crippen LogP contribution in [0.3, 0.4) is 0 Å². The predicted octanol–water partition coefficient (Wildman–Crippen LogP) is 3.96. The highest BCUT2D eigenvalue weighted by atomic mass is 16.3. The Bertz CT molecular complexity index is 344. The second-order valence-electron chi connectivity index (χ2n) is 2.98. The fraction of sp³-hybridized carbons (Fsp3) is 0.200. The molecule has 16 heavy (non-hydrogen) atoms. The van der Waals surface area contributed by atoms with Crippen molar-refractivity contribution in [1.82, 2.24) is 0 Å². The fourth-order valence-electron chi connectivity index (χ4n) is 1.10. The smallest absolute Gasteiger partial charge is 0.0681 e. The minimum absolute atomic E-state index is 0.0786. The van der Waals surface area contributed by atoms with Gasteiger partial charge in [-0.2, -0.15) is 0 Å². The zero-order valence-corrected chi connectivity index (χ0v) is 10.1. The SMILES string of the molecule is C=C/C=C\C(=C)c1ccc(CO)cc1.CC. The van der Waals surface area contributed by atoms with Crippen LogP contribution in [0, 0.1) is 0 Å². The number of aliphatic hydroxyl groups is 1. The fourth-order valence-corrected chi connectivity index (χ4v) is 1.10. The highest BCUT2D eigenvalue weighted by molar-refractivity contribution is 5.72. The zero-order chi connectivity index (χ0) is 12.4. The van der Waals surface area contributed by atoms with Gasteiger partial charge in [-0.15, -0.1) is 0 Å². The van der Waals surface area contributed by atoms with Crippen molar-refractivity contribution in [2.45, 2.75) is 20.5 Å². The van der Waals surface area contributed by atoms with Gasteiger partial charge in [0.05, 0.1) is 6.61 Å². The molecule has 1 rings (SSSR count). The maximum absolute atomic E-state index is 8.86. The molecular weight excluding hydrogens is 196 g/mol. The molecule has 86 valence electrons. The first-order chi connectivity index (χ1) is 7.77. The largest absolute Gasteiger partial charge is 0.392 e. The summed E-state index contributed by atoms with van der Waals surface area (Å²) in [5, 5.41) is 8.86. The van der Waals surface area contributed by atoms with Gasteiger partial charge in [-0.05, 0) is 16.7 Å². The summed E-state index contributed by atoms with van der Waals surface area (Å²) in [6.07, 6.45) is 5.47. The Morgan fingerprint density at radius 1 is 1.25 bits per heavy atom. The Morgan fingerprint density at radius 3 is 2.25 bits per heavy atom. The van der Waals surface area contributed by atoms with Crippen LogP contribution >= 0.6 is 0 Å². The van der Waals surface area contributed by atoms with Crippen LogP contribution in [0.15, 0.2) is 55.7 Å². The van der Waals surface area contributed by atoms with E-state index in [1.54, 1.807) is 6.08 Å². The highest BCUT2D eigenvalue weighted by Crippen LogP contribution is 2.14. The third-order valence-corrected chi connectivity index (χ3v) is 1.94. The van der Waals surface area contributed by atoms with Crippen LogP contribution in [0.4, 0.5) is 0 Å². The number of benzene rings is 1. The Morgan fingerprint density at radius 2 is 1.81 bits per heavy atom. The number of hydrogen-bond acceptors (Lipinski definition) is 1. The van der Waals surface area contributed by atoms with Crippen LogP contribution in [-0.4, -0.2) is 5.11 Å². The van der Waals surface area contributed by atoms with Crippen molar-refractivity contribution in [1.29, 1.82) is 0 Å². The van der Waals surface area contributed by atoms with Crippen molar-refractivity contribution in [3.05, 3.63) is 66.8 Å². The van der Waals surface area contributed by atoms with Crippen LogP contribution in [0.5, 0.6) is 0 Å². The lowest BCUT2D eigenvalue weighted by molar-refractivity contribution is 0.282. The van der Waals surface area contributed by atoms with Gasteiger partial charge in [-0.25, -0.2) is 0 Å². The van der Waals surface area contributed by atoms with Gasteiger partial charge in [0.15, 0.2) is 0 Å². The Hall–Kier alpha value is -1.60. The van der Waals surface area contributed by atoms with E-state index in [4.69, 9.17) is 5.11 Å². The maximum atomic E-state index is 8.86. The van der Waals surface area contributed by atoms with E-state index in [0.29, 0.717) is 0 Å². The lowest BCUT2D eigenvalue weighted by Crippen LogP contribution is -1.84. The second kappa shape index (κ2) is 8.69. The molecule has 0 saturated carbocycles. The molecule has 1 heteroatoms. The van der Waals surface area contributed by atoms with Gasteiger partial charge in [0.25, 0.3) is 0 Å². The summed E-state index contributed by atoms with van der Waals surface area (Å²) < 4.78 is 0. The van der Waals surface area contributed by atoms with Crippen LogP contribution < -0.4 is 0 Å². The van der Waals surface area contributed by atoms with Crippen LogP contribution in [-0.2, 0) is 6.61 Å². The quantitative estimate of drug-likeness (QED) is 0.755. The summed E-state index contributed by atoms with van der Waals surface area (Å²) in [4.78, 5) is 0. The maximum Gasteiger partial charge on any atom is 0.0681 e. The van der Waals surface area contributed by atoms with Gasteiger partial charge < -0.3 is 5.11 Å². The standard InChI is InChI=1S/C13H14O.C2H6/c1-3-4-5-11(2)13-8-6-12(10-14)7-9-13;1-2/h3-9,14H,1-2,10H2;1-2H3/b5-4-;. The molecule has 0 aromatic heterocycles. The average Bonchev–Trinajstić information content (AvgIpc) is 2.38. The summed E-state index contributed by atoms with van der Waals surface area (Å²) in [7, 11) is 0. The van der Waals surface area contributed by atoms with Crippen LogP contribution in [0.1, 0.15) is 25.0 Å². The normalized spacial score (nSPS) is 9.44. The van der Waals surface area contributed by atoms with Gasteiger partial charge in [-0.1, -0.05) is 69.5 Å². The molecule has 0 spiro atoms. The van der Waals surface area contributed by atoms with Gasteiger partial charge >= 0.3 is 0 Å². The zero-order valence-electron chi connectivity index (χ0n) is 10.1. The summed E-state index contributed by atoms with van der Waals surface area (Å²) in [6.45, 7) is 11.6. The summed E-state index contributed by atoms with van der Waals surface area (Å²) >= 11 is 0. The van der Waals surface area contributed by atoms with Crippen molar-refractivity contribution in [3.63, 3.8) is 0 Å². The minimum atomic E-state index is 0.0786. The summed E-state index contributed by atoms with van der Waals surface area (Å²) in [5.41, 5.74) is 2.91. The van der Waals surface area contributed by atoms with E-state index in [1.807, 2.05) is 50.3 Å². The molecule has 1 aromatic rings. The number of allylic oxidation sites excluding steroid dienone is 4. The minimum Gasteiger partial charge on any atom is -0.392 e. The van der Waals surface area contributed by atoms with E-state index in [-0.39, 0.29) is 6.61 Å². The van der Waals surface area contributed by atoms with E-state index in [0.717, 1.165) is 16.7 Å². The number of rotatable bonds is 4. The molecule has 0 amide bonds. The molecule has 0 aliphatic carbocycles. The molecule has 0 unspecified atom stereocenters. The van der Waals surface area contributed by atoms with E-state index in [9.17, 15) is 0 Å². The van der Waals surface area contributed by atoms with Crippen LogP contribution in [0.2, 0.25) is 0 Å². The van der Waals surface area contributed by atoms with Crippen LogP contribution in [0.25, 0.3) is 5.57 Å². The number of hydrogen-bond donors (Lipinski definition) is 1. The van der Waals surface area contributed by atoms with Crippen molar-refractivity contribution in [2.24, 2.45) is 0 Å². The number of aliphatic hydroxyl groups excluding tert-OH is 1. The van der Waals surface area contributed by atoms with E-state index in [1.165, 1.54) is 0 Å². The summed E-state index contributed by atoms with van der Waals surface area (Å²) in [6, 6.07) is 7.67. The van der Waals surface area contributed by atoms with Crippen molar-refractivity contribution >= 4 is 5.57 Å². The molecular formula is C15H20O. The first-order valence-electron chi connectivity index (χ1n) is 5.46. The molecule has 0 atom stereocenters. The summed E-state index contributed by atoms with van der Waals surface area (Å²) in [5.74, 6) is 0. The Kier molecular flexibility index (Phi) is 7.82. The van der Waals surface area contributed by atoms with Gasteiger partial charge in [0.2, 0.25) is 0 Å². The Balaban J connectivity index is 0.00000106. The molecule has 1 aromatic carbocycles. The molecule has 0 radical (unpaired) electrons. The van der Waals surface area contributed by atoms with Gasteiger partial charge in [0, 0.05) is 0 Å². The monoisotopic (exact) mass is 216 g/mol. The molecule has 0 aliphatic rings. The van der Waals surface area contributed by atoms with E-state index < -0.39 is 0 Å². The first kappa shape index (κ1) is 14.4. The van der Waals surface area contributed by atoms with Crippen molar-refractivity contribution in [3.8, 4) is 0 Å². The topological polar surface area (TPSA) is 20.2 Å². The molecule has 0 saturated heterocycles. The average molecular weight is 216 g/mol. The Labute approximate surface area is 98.4 Å². The molecule has 0 aliphatic heterocycles. The molecule has 1 N–H and O–H groups in total. The third-order valence-electron chi connectivity index (χ3n) is 1.94. The molecule has 0 heterocycles. The lowest BCUT2D eigenvalue weighted by Gasteiger charge is -2.01. The van der Waals surface area contributed by atoms with Gasteiger partial charge in [-0.3, -0.25) is 0 Å². The predicted molar refractivity (Wildman–Crippen MR) is 72.1 cm³/mol. The molecule has 0 bridgehead atoms. The van der Waals surface area contributed by atoms with E-state index >= 15 is 0 Å². The second-order valence-corrected chi connectivity index (χ2v) is 2.98.